The van der Waals surface area contributed by atoms with Crippen molar-refractivity contribution in [1.82, 2.24) is 0 Å². The zero-order chi connectivity index (χ0) is 17.2. The maximum Gasteiger partial charge on any atom is 0.129 e. The summed E-state index contributed by atoms with van der Waals surface area (Å²) in [5.41, 5.74) is 0. The average Bonchev–Trinajstić information content (AvgIpc) is 2.54. The van der Waals surface area contributed by atoms with Crippen molar-refractivity contribution in [2.75, 3.05) is 25.2 Å². The number of quaternary nitrogens is 1. The summed E-state index contributed by atoms with van der Waals surface area (Å²) in [6, 6.07) is 0. The van der Waals surface area contributed by atoms with Crippen LogP contribution in [0.1, 0.15) is 110 Å². The van der Waals surface area contributed by atoms with Crippen molar-refractivity contribution in [2.24, 2.45) is 0 Å². The van der Waals surface area contributed by atoms with Gasteiger partial charge in [-0.05, 0) is 35.4 Å². The third-order valence-electron chi connectivity index (χ3n) is 4.94. The molecule has 0 spiro atoms. The molecule has 0 aromatic heterocycles. The van der Waals surface area contributed by atoms with Gasteiger partial charge in [0, 0.05) is 0 Å². The van der Waals surface area contributed by atoms with E-state index in [-0.39, 0.29) is 0 Å². The second kappa shape index (κ2) is 17.5. The molecule has 0 amide bonds. The standard InChI is InChI=1S/C21H45IN/c1-4-5-6-7-8-9-10-11-12-13-14-15-16-17-18-19-20-23(2,3)21-22/h4-21H2,1-3H3/q+1. The summed E-state index contributed by atoms with van der Waals surface area (Å²) in [5, 5.41) is 0. The highest BCUT2D eigenvalue weighted by atomic mass is 127. The summed E-state index contributed by atoms with van der Waals surface area (Å²) in [6.07, 6.45) is 23.4. The van der Waals surface area contributed by atoms with Gasteiger partial charge in [0.05, 0.1) is 20.6 Å². The fourth-order valence-electron chi connectivity index (χ4n) is 3.15. The molecular weight excluding hydrogens is 393 g/mol. The Morgan fingerprint density at radius 1 is 0.522 bits per heavy atom. The molecule has 0 saturated carbocycles. The van der Waals surface area contributed by atoms with Gasteiger partial charge in [0.2, 0.25) is 0 Å². The molecule has 2 heteroatoms. The molecule has 0 N–H and O–H groups in total. The van der Waals surface area contributed by atoms with Crippen molar-refractivity contribution in [3.8, 4) is 0 Å². The van der Waals surface area contributed by atoms with Crippen molar-refractivity contribution < 1.29 is 4.48 Å². The number of alkyl halides is 1. The first-order valence-electron chi connectivity index (χ1n) is 10.5. The van der Waals surface area contributed by atoms with Crippen LogP contribution in [0.5, 0.6) is 0 Å². The normalized spacial score (nSPS) is 12.0. The van der Waals surface area contributed by atoms with Crippen LogP contribution >= 0.6 is 22.6 Å². The topological polar surface area (TPSA) is 0 Å². The van der Waals surface area contributed by atoms with Crippen LogP contribution in [0.3, 0.4) is 0 Å². The van der Waals surface area contributed by atoms with E-state index in [0.717, 1.165) is 0 Å². The minimum absolute atomic E-state index is 1.18. The molecule has 0 aliphatic rings. The Bertz CT molecular complexity index is 228. The van der Waals surface area contributed by atoms with Crippen LogP contribution in [0, 0.1) is 0 Å². The number of nitrogens with zero attached hydrogens (tertiary/aromatic N) is 1. The van der Waals surface area contributed by atoms with Crippen LogP contribution in [0.25, 0.3) is 0 Å². The van der Waals surface area contributed by atoms with E-state index in [0.29, 0.717) is 0 Å². The first kappa shape index (κ1) is 23.7. The summed E-state index contributed by atoms with van der Waals surface area (Å²) in [7, 11) is 4.69. The SMILES string of the molecule is CCCCCCCCCCCCCCCCCC[N+](C)(C)CI. The predicted molar refractivity (Wildman–Crippen MR) is 115 cm³/mol. The number of hydrogen-bond acceptors (Lipinski definition) is 0. The monoisotopic (exact) mass is 438 g/mol. The Labute approximate surface area is 161 Å². The molecule has 0 rings (SSSR count). The highest BCUT2D eigenvalue weighted by Crippen LogP contribution is 2.14. The molecule has 0 fully saturated rings. The van der Waals surface area contributed by atoms with E-state index in [2.05, 4.69) is 43.6 Å². The van der Waals surface area contributed by atoms with Gasteiger partial charge < -0.3 is 4.48 Å². The Hall–Kier alpha value is 0.690. The van der Waals surface area contributed by atoms with Crippen LogP contribution in [-0.4, -0.2) is 29.7 Å². The molecule has 1 nitrogen and oxygen atoms in total. The molecule has 0 bridgehead atoms. The minimum atomic E-state index is 1.18. The van der Waals surface area contributed by atoms with Gasteiger partial charge in [-0.2, -0.15) is 0 Å². The molecule has 0 unspecified atom stereocenters. The summed E-state index contributed by atoms with van der Waals surface area (Å²) in [6.45, 7) is 3.65. The molecule has 0 aromatic rings. The van der Waals surface area contributed by atoms with Crippen molar-refractivity contribution >= 4 is 22.6 Å². The highest BCUT2D eigenvalue weighted by Gasteiger charge is 2.10. The number of rotatable bonds is 18. The maximum absolute atomic E-state index is 2.50. The fraction of sp³-hybridized carbons (Fsp3) is 1.00. The maximum atomic E-state index is 2.50. The molecule has 0 radical (unpaired) electrons. The van der Waals surface area contributed by atoms with Crippen molar-refractivity contribution in [1.29, 1.82) is 0 Å². The number of halogens is 1. The van der Waals surface area contributed by atoms with Gasteiger partial charge in [-0.1, -0.05) is 96.8 Å². The van der Waals surface area contributed by atoms with Gasteiger partial charge in [0.15, 0.2) is 0 Å². The van der Waals surface area contributed by atoms with Gasteiger partial charge in [-0.15, -0.1) is 0 Å². The first-order chi connectivity index (χ1) is 11.1. The van der Waals surface area contributed by atoms with Crippen LogP contribution in [-0.2, 0) is 0 Å². The number of unbranched alkanes of at least 4 members (excludes halogenated alkanes) is 15. The van der Waals surface area contributed by atoms with Crippen LogP contribution < -0.4 is 0 Å². The van der Waals surface area contributed by atoms with Crippen molar-refractivity contribution in [2.45, 2.75) is 110 Å². The lowest BCUT2D eigenvalue weighted by atomic mass is 10.0. The first-order valence-corrected chi connectivity index (χ1v) is 12.0. The van der Waals surface area contributed by atoms with Crippen molar-refractivity contribution in [3.63, 3.8) is 0 Å². The van der Waals surface area contributed by atoms with E-state index in [1.54, 1.807) is 0 Å². The zero-order valence-electron chi connectivity index (χ0n) is 16.6. The highest BCUT2D eigenvalue weighted by molar-refractivity contribution is 14.1. The molecule has 0 atom stereocenters. The molecule has 0 aliphatic heterocycles. The van der Waals surface area contributed by atoms with E-state index < -0.39 is 0 Å². The van der Waals surface area contributed by atoms with E-state index in [1.165, 1.54) is 118 Å². The quantitative estimate of drug-likeness (QED) is 0.0676. The lowest BCUT2D eigenvalue weighted by Crippen LogP contribution is -2.38. The number of hydrogen-bond donors (Lipinski definition) is 0. The van der Waals surface area contributed by atoms with E-state index in [4.69, 9.17) is 0 Å². The molecule has 0 heterocycles. The minimum Gasteiger partial charge on any atom is -0.320 e. The van der Waals surface area contributed by atoms with Gasteiger partial charge in [0.1, 0.15) is 4.55 Å². The van der Waals surface area contributed by atoms with E-state index >= 15 is 0 Å². The van der Waals surface area contributed by atoms with Crippen LogP contribution in [0.15, 0.2) is 0 Å². The fourth-order valence-corrected chi connectivity index (χ4v) is 3.49. The summed E-state index contributed by atoms with van der Waals surface area (Å²) in [4.78, 5) is 0. The van der Waals surface area contributed by atoms with Crippen LogP contribution in [0.4, 0.5) is 0 Å². The summed E-state index contributed by atoms with van der Waals surface area (Å²) < 4.78 is 2.41. The Kier molecular flexibility index (Phi) is 18.0. The van der Waals surface area contributed by atoms with E-state index in [1.807, 2.05) is 0 Å². The third kappa shape index (κ3) is 18.9. The second-order valence-electron chi connectivity index (χ2n) is 8.08. The average molecular weight is 439 g/mol. The Morgan fingerprint density at radius 2 is 0.826 bits per heavy atom. The predicted octanol–water partition coefficient (Wildman–Crippen LogP) is 7.72. The lowest BCUT2D eigenvalue weighted by Gasteiger charge is -2.27. The Morgan fingerprint density at radius 3 is 1.13 bits per heavy atom. The third-order valence-corrected chi connectivity index (χ3v) is 6.79. The molecule has 0 aromatic carbocycles. The van der Waals surface area contributed by atoms with Crippen molar-refractivity contribution in [3.05, 3.63) is 0 Å². The smallest absolute Gasteiger partial charge is 0.129 e. The molecule has 140 valence electrons. The Balaban J connectivity index is 3.05. The summed E-state index contributed by atoms with van der Waals surface area (Å²) >= 11 is 2.50. The van der Waals surface area contributed by atoms with E-state index in [9.17, 15) is 0 Å². The van der Waals surface area contributed by atoms with Gasteiger partial charge in [-0.25, -0.2) is 0 Å². The van der Waals surface area contributed by atoms with Gasteiger partial charge >= 0.3 is 0 Å². The summed E-state index contributed by atoms with van der Waals surface area (Å²) in [5.74, 6) is 0. The molecule has 23 heavy (non-hydrogen) atoms. The van der Waals surface area contributed by atoms with Gasteiger partial charge in [0.25, 0.3) is 0 Å². The van der Waals surface area contributed by atoms with Crippen LogP contribution in [0.2, 0.25) is 0 Å². The molecule has 0 saturated heterocycles. The molecule has 0 aliphatic carbocycles. The molecular formula is C21H45IN+. The zero-order valence-corrected chi connectivity index (χ0v) is 18.7. The lowest BCUT2D eigenvalue weighted by molar-refractivity contribution is -0.874. The second-order valence-corrected chi connectivity index (χ2v) is 8.76. The largest absolute Gasteiger partial charge is 0.320 e. The van der Waals surface area contributed by atoms with Gasteiger partial charge in [-0.3, -0.25) is 0 Å².